The fourth-order valence-corrected chi connectivity index (χ4v) is 4.56. The summed E-state index contributed by atoms with van der Waals surface area (Å²) in [7, 11) is -3.44. The molecule has 1 aromatic carbocycles. The Morgan fingerprint density at radius 3 is 1.95 bits per heavy atom. The van der Waals surface area contributed by atoms with Crippen LogP contribution in [0.15, 0.2) is 54.3 Å². The van der Waals surface area contributed by atoms with Gasteiger partial charge in [-0.3, -0.25) is 19.4 Å². The smallest absolute Gasteiger partial charge is 0.272 e. The van der Waals surface area contributed by atoms with Crippen LogP contribution in [0.1, 0.15) is 62.2 Å². The highest BCUT2D eigenvalue weighted by Gasteiger charge is 2.29. The minimum atomic E-state index is -3.44. The third-order valence-corrected chi connectivity index (χ3v) is 6.72. The maximum Gasteiger partial charge on any atom is 0.272 e. The maximum absolute atomic E-state index is 13.5. The molecule has 41 heavy (non-hydrogen) atoms. The lowest BCUT2D eigenvalue weighted by molar-refractivity contribution is -0.130. The average molecular weight is 587 g/mol. The lowest BCUT2D eigenvalue weighted by atomic mass is 9.99. The first kappa shape index (κ1) is 33.6. The first-order chi connectivity index (χ1) is 19.3. The van der Waals surface area contributed by atoms with Gasteiger partial charge >= 0.3 is 0 Å². The second-order valence-electron chi connectivity index (χ2n) is 10.9. The van der Waals surface area contributed by atoms with Crippen LogP contribution in [-0.2, 0) is 32.4 Å². The van der Waals surface area contributed by atoms with Crippen LogP contribution in [0, 0.1) is 11.8 Å². The van der Waals surface area contributed by atoms with E-state index in [1.165, 1.54) is 24.7 Å². The number of amides is 3. The Hall–Kier alpha value is -3.64. The van der Waals surface area contributed by atoms with Crippen molar-refractivity contribution in [1.82, 2.24) is 25.9 Å². The van der Waals surface area contributed by atoms with E-state index < -0.39 is 45.7 Å². The topological polar surface area (TPSA) is 173 Å². The number of nitrogens with two attached hydrogens (primary N) is 1. The molecule has 0 aliphatic carbocycles. The van der Waals surface area contributed by atoms with Crippen LogP contribution in [0.2, 0.25) is 0 Å². The van der Waals surface area contributed by atoms with Crippen LogP contribution in [0.5, 0.6) is 0 Å². The van der Waals surface area contributed by atoms with Gasteiger partial charge in [0.2, 0.25) is 11.8 Å². The van der Waals surface area contributed by atoms with Gasteiger partial charge in [0.15, 0.2) is 9.84 Å². The molecule has 0 saturated carbocycles. The monoisotopic (exact) mass is 586 g/mol. The molecule has 0 bridgehead atoms. The highest BCUT2D eigenvalue weighted by molar-refractivity contribution is 7.93. The number of aromatic nitrogens is 2. The van der Waals surface area contributed by atoms with Gasteiger partial charge < -0.3 is 21.7 Å². The van der Waals surface area contributed by atoms with Crippen LogP contribution >= 0.6 is 0 Å². The van der Waals surface area contributed by atoms with Gasteiger partial charge in [0, 0.05) is 30.6 Å². The van der Waals surface area contributed by atoms with E-state index in [0.29, 0.717) is 25.8 Å². The standard InChI is InChI=1S/C29H42N6O5S/c1-19(2)14-24(34-28(37)25(15-20(3)4)35-29(38)26-18-31-11-12-32-26)27(36)33-23(10-13-41(5,39)40)16-21-6-8-22(17-30)9-7-21/h6-13,18-20,23-25H,14-17,30H2,1-5H3,(H,33,36)(H,34,37)(H,35,38). The molecule has 1 aromatic heterocycles. The van der Waals surface area contributed by atoms with E-state index in [4.69, 9.17) is 5.73 Å². The van der Waals surface area contributed by atoms with Gasteiger partial charge in [-0.05, 0) is 42.2 Å². The summed E-state index contributed by atoms with van der Waals surface area (Å²) in [5.41, 5.74) is 7.58. The number of carbonyl (C=O) groups excluding carboxylic acids is 3. The SMILES string of the molecule is CC(C)CC(NC(=O)c1cnccn1)C(=O)NC(CC(C)C)C(=O)NC(C=CS(C)(=O)=O)Cc1ccc(CN)cc1. The zero-order chi connectivity index (χ0) is 30.6. The third kappa shape index (κ3) is 12.6. The molecule has 0 radical (unpaired) electrons. The molecule has 1 heterocycles. The molecule has 3 amide bonds. The molecular weight excluding hydrogens is 544 g/mol. The lowest BCUT2D eigenvalue weighted by Gasteiger charge is -2.26. The molecular formula is C29H42N6O5S. The summed E-state index contributed by atoms with van der Waals surface area (Å²) in [6.07, 6.45) is 7.64. The summed E-state index contributed by atoms with van der Waals surface area (Å²) in [5, 5.41) is 9.47. The first-order valence-electron chi connectivity index (χ1n) is 13.6. The number of hydrogen-bond acceptors (Lipinski definition) is 8. The van der Waals surface area contributed by atoms with Crippen LogP contribution in [0.4, 0.5) is 0 Å². The zero-order valence-electron chi connectivity index (χ0n) is 24.3. The summed E-state index contributed by atoms with van der Waals surface area (Å²) in [6, 6.07) is 5.02. The predicted molar refractivity (Wildman–Crippen MR) is 158 cm³/mol. The van der Waals surface area contributed by atoms with Crippen LogP contribution in [-0.4, -0.2) is 60.5 Å². The van der Waals surface area contributed by atoms with Crippen molar-refractivity contribution in [2.45, 2.75) is 71.6 Å². The fraction of sp³-hybridized carbons (Fsp3) is 0.483. The fourth-order valence-electron chi connectivity index (χ4n) is 4.08. The van der Waals surface area contributed by atoms with Gasteiger partial charge in [-0.15, -0.1) is 0 Å². The van der Waals surface area contributed by atoms with E-state index in [1.807, 2.05) is 52.0 Å². The summed E-state index contributed by atoms with van der Waals surface area (Å²) < 4.78 is 23.6. The molecule has 12 heteroatoms. The minimum absolute atomic E-state index is 0.0533. The normalized spacial score (nSPS) is 14.0. The van der Waals surface area contributed by atoms with E-state index in [0.717, 1.165) is 22.8 Å². The van der Waals surface area contributed by atoms with Gasteiger partial charge in [0.05, 0.1) is 12.2 Å². The average Bonchev–Trinajstić information content (AvgIpc) is 2.90. The molecule has 2 rings (SSSR count). The van der Waals surface area contributed by atoms with Crippen molar-refractivity contribution in [2.75, 3.05) is 6.26 Å². The van der Waals surface area contributed by atoms with E-state index in [2.05, 4.69) is 25.9 Å². The number of hydrogen-bond donors (Lipinski definition) is 4. The summed E-state index contributed by atoms with van der Waals surface area (Å²) >= 11 is 0. The number of nitrogens with zero attached hydrogens (tertiary/aromatic N) is 2. The van der Waals surface area contributed by atoms with Gasteiger partial charge in [0.25, 0.3) is 5.91 Å². The maximum atomic E-state index is 13.5. The summed E-state index contributed by atoms with van der Waals surface area (Å²) in [5.74, 6) is -1.39. The molecule has 3 unspecified atom stereocenters. The Balaban J connectivity index is 2.24. The highest BCUT2D eigenvalue weighted by atomic mass is 32.2. The van der Waals surface area contributed by atoms with Crippen molar-refractivity contribution in [3.8, 4) is 0 Å². The van der Waals surface area contributed by atoms with Crippen molar-refractivity contribution >= 4 is 27.6 Å². The van der Waals surface area contributed by atoms with E-state index >= 15 is 0 Å². The highest BCUT2D eigenvalue weighted by Crippen LogP contribution is 2.12. The van der Waals surface area contributed by atoms with E-state index in [1.54, 1.807) is 0 Å². The molecule has 0 aliphatic heterocycles. The second-order valence-corrected chi connectivity index (χ2v) is 12.9. The molecule has 0 saturated heterocycles. The Morgan fingerprint density at radius 1 is 0.878 bits per heavy atom. The Kier molecular flexibility index (Phi) is 13.1. The van der Waals surface area contributed by atoms with Crippen molar-refractivity contribution in [1.29, 1.82) is 0 Å². The lowest BCUT2D eigenvalue weighted by Crippen LogP contribution is -2.55. The Labute approximate surface area is 242 Å². The summed E-state index contributed by atoms with van der Waals surface area (Å²) in [4.78, 5) is 47.5. The summed E-state index contributed by atoms with van der Waals surface area (Å²) in [6.45, 7) is 8.08. The van der Waals surface area contributed by atoms with Gasteiger partial charge in [-0.1, -0.05) is 58.0 Å². The van der Waals surface area contributed by atoms with E-state index in [-0.39, 0.29) is 17.5 Å². The molecule has 3 atom stereocenters. The predicted octanol–water partition coefficient (Wildman–Crippen LogP) is 1.90. The Bertz CT molecular complexity index is 1280. The molecule has 224 valence electrons. The second kappa shape index (κ2) is 16.0. The molecule has 5 N–H and O–H groups in total. The number of benzene rings is 1. The van der Waals surface area contributed by atoms with Crippen LogP contribution < -0.4 is 21.7 Å². The molecule has 0 aliphatic rings. The quantitative estimate of drug-likeness (QED) is 0.245. The first-order valence-corrected chi connectivity index (χ1v) is 15.6. The number of rotatable bonds is 15. The van der Waals surface area contributed by atoms with E-state index in [9.17, 15) is 22.8 Å². The van der Waals surface area contributed by atoms with Crippen LogP contribution in [0.3, 0.4) is 0 Å². The van der Waals surface area contributed by atoms with Crippen molar-refractivity contribution in [3.63, 3.8) is 0 Å². The molecule has 0 fully saturated rings. The molecule has 2 aromatic rings. The minimum Gasteiger partial charge on any atom is -0.348 e. The van der Waals surface area contributed by atoms with Gasteiger partial charge in [-0.2, -0.15) is 0 Å². The number of sulfone groups is 1. The zero-order valence-corrected chi connectivity index (χ0v) is 25.1. The van der Waals surface area contributed by atoms with Crippen LogP contribution in [0.25, 0.3) is 0 Å². The molecule has 0 spiro atoms. The molecule has 11 nitrogen and oxygen atoms in total. The number of nitrogens with one attached hydrogen (secondary N) is 3. The van der Waals surface area contributed by atoms with Crippen molar-refractivity contribution in [3.05, 3.63) is 71.2 Å². The van der Waals surface area contributed by atoms with Crippen molar-refractivity contribution in [2.24, 2.45) is 17.6 Å². The number of carbonyl (C=O) groups is 3. The third-order valence-electron chi connectivity index (χ3n) is 6.06. The van der Waals surface area contributed by atoms with Gasteiger partial charge in [0.1, 0.15) is 17.8 Å². The van der Waals surface area contributed by atoms with Gasteiger partial charge in [-0.25, -0.2) is 13.4 Å². The Morgan fingerprint density at radius 2 is 1.44 bits per heavy atom. The largest absolute Gasteiger partial charge is 0.348 e. The van der Waals surface area contributed by atoms with Crippen molar-refractivity contribution < 1.29 is 22.8 Å².